The lowest BCUT2D eigenvalue weighted by Crippen LogP contribution is -2.28. The third-order valence-corrected chi connectivity index (χ3v) is 7.90. The summed E-state index contributed by atoms with van der Waals surface area (Å²) in [6.07, 6.45) is 2.24. The maximum absolute atomic E-state index is 11.6. The molecule has 0 radical (unpaired) electrons. The molecule has 0 aromatic rings. The van der Waals surface area contributed by atoms with Crippen LogP contribution in [0.25, 0.3) is 0 Å². The Morgan fingerprint density at radius 3 is 2.26 bits per heavy atom. The fourth-order valence-corrected chi connectivity index (χ4v) is 5.83. The van der Waals surface area contributed by atoms with Gasteiger partial charge in [-0.25, -0.2) is 0 Å². The smallest absolute Gasteiger partial charge is 0.352 e. The van der Waals surface area contributed by atoms with Crippen molar-refractivity contribution < 1.29 is 28.7 Å². The van der Waals surface area contributed by atoms with Gasteiger partial charge in [0.1, 0.15) is 0 Å². The Balaban J connectivity index is 2.79. The number of nitrogens with one attached hydrogen (secondary N) is 1. The zero-order valence-corrected chi connectivity index (χ0v) is 12.1. The predicted octanol–water partition coefficient (Wildman–Crippen LogP) is -0.435. The van der Waals surface area contributed by atoms with E-state index in [0.717, 1.165) is 6.08 Å². The molecule has 1 heterocycles. The van der Waals surface area contributed by atoms with Crippen LogP contribution in [0.3, 0.4) is 0 Å². The molecular formula is C8H12N2O6P2S. The van der Waals surface area contributed by atoms with Crippen LogP contribution in [0.5, 0.6) is 0 Å². The average Bonchev–Trinajstić information content (AvgIpc) is 2.50. The zero-order valence-electron chi connectivity index (χ0n) is 9.39. The lowest BCUT2D eigenvalue weighted by molar-refractivity contribution is 0.333. The molecule has 11 heteroatoms. The van der Waals surface area contributed by atoms with Gasteiger partial charge in [-0.1, -0.05) is 0 Å². The monoisotopic (exact) mass is 326 g/mol. The summed E-state index contributed by atoms with van der Waals surface area (Å²) < 4.78 is 23.3. The number of allylic oxidation sites excluding steroid dienone is 3. The largest absolute Gasteiger partial charge is 0.401 e. The SMILES string of the molecule is NC1=CC2=CC(P(=O)(O)O)(P(=O)(O)O)C(S)=C2NC1. The minimum absolute atomic E-state index is 0.171. The highest BCUT2D eigenvalue weighted by atomic mass is 32.1. The number of hydrogen-bond acceptors (Lipinski definition) is 5. The van der Waals surface area contributed by atoms with Gasteiger partial charge in [-0.2, -0.15) is 0 Å². The van der Waals surface area contributed by atoms with E-state index in [-0.39, 0.29) is 22.7 Å². The number of fused-ring (bicyclic) bond motifs is 1. The van der Waals surface area contributed by atoms with E-state index in [1.54, 1.807) is 0 Å². The van der Waals surface area contributed by atoms with Crippen LogP contribution in [0.1, 0.15) is 0 Å². The van der Waals surface area contributed by atoms with E-state index in [1.165, 1.54) is 6.08 Å². The van der Waals surface area contributed by atoms with Crippen molar-refractivity contribution in [1.82, 2.24) is 5.32 Å². The first-order valence-electron chi connectivity index (χ1n) is 4.99. The first-order valence-corrected chi connectivity index (χ1v) is 8.66. The number of rotatable bonds is 2. The molecule has 0 aromatic heterocycles. The fraction of sp³-hybridized carbons (Fsp3) is 0.250. The summed E-state index contributed by atoms with van der Waals surface area (Å²) in [7, 11) is -10.4. The second-order valence-electron chi connectivity index (χ2n) is 4.21. The Labute approximate surface area is 113 Å². The van der Waals surface area contributed by atoms with Gasteiger partial charge in [0.25, 0.3) is 0 Å². The Bertz CT molecular complexity index is 605. The van der Waals surface area contributed by atoms with Crippen molar-refractivity contribution in [3.63, 3.8) is 0 Å². The molecule has 0 bridgehead atoms. The number of thiol groups is 1. The van der Waals surface area contributed by atoms with E-state index < -0.39 is 20.1 Å². The van der Waals surface area contributed by atoms with Gasteiger partial charge in [0.2, 0.25) is 4.90 Å². The van der Waals surface area contributed by atoms with Crippen LogP contribution >= 0.6 is 27.8 Å². The first kappa shape index (κ1) is 14.9. The van der Waals surface area contributed by atoms with Crippen LogP contribution in [0, 0.1) is 0 Å². The van der Waals surface area contributed by atoms with Gasteiger partial charge in [-0.3, -0.25) is 9.13 Å². The zero-order chi connectivity index (χ0) is 14.6. The summed E-state index contributed by atoms with van der Waals surface area (Å²) in [6.45, 7) is 0.204. The fourth-order valence-electron chi connectivity index (χ4n) is 2.03. The molecule has 0 amide bonds. The van der Waals surface area contributed by atoms with E-state index in [0.29, 0.717) is 5.70 Å². The predicted molar refractivity (Wildman–Crippen MR) is 71.2 cm³/mol. The summed E-state index contributed by atoms with van der Waals surface area (Å²) in [5, 5.41) is 2.73. The van der Waals surface area contributed by atoms with Crippen molar-refractivity contribution in [2.75, 3.05) is 6.54 Å². The van der Waals surface area contributed by atoms with Gasteiger partial charge < -0.3 is 30.6 Å². The van der Waals surface area contributed by atoms with E-state index in [1.807, 2.05) is 0 Å². The van der Waals surface area contributed by atoms with Crippen LogP contribution in [-0.2, 0) is 9.13 Å². The minimum Gasteiger partial charge on any atom is -0.401 e. The first-order chi connectivity index (χ1) is 8.50. The molecule has 2 rings (SSSR count). The molecule has 0 atom stereocenters. The molecule has 0 aromatic carbocycles. The molecule has 7 N–H and O–H groups in total. The van der Waals surface area contributed by atoms with E-state index in [9.17, 15) is 28.7 Å². The summed E-state index contributed by atoms with van der Waals surface area (Å²) in [6, 6.07) is 0. The van der Waals surface area contributed by atoms with Gasteiger partial charge in [0.05, 0.1) is 12.2 Å². The molecule has 1 aliphatic carbocycles. The van der Waals surface area contributed by atoms with Gasteiger partial charge >= 0.3 is 15.2 Å². The summed E-state index contributed by atoms with van der Waals surface area (Å²) in [5.41, 5.74) is 6.32. The second kappa shape index (κ2) is 4.23. The maximum atomic E-state index is 11.6. The average molecular weight is 326 g/mol. The van der Waals surface area contributed by atoms with Crippen molar-refractivity contribution in [2.45, 2.75) is 4.90 Å². The van der Waals surface area contributed by atoms with Crippen LogP contribution in [0.15, 0.2) is 34.0 Å². The van der Waals surface area contributed by atoms with Crippen molar-refractivity contribution >= 4 is 27.8 Å². The summed E-state index contributed by atoms with van der Waals surface area (Å²) in [4.78, 5) is 34.5. The number of nitrogens with two attached hydrogens (primary N) is 1. The Hall–Kier alpha value is -0.530. The lowest BCUT2D eigenvalue weighted by atomic mass is 10.1. The quantitative estimate of drug-likeness (QED) is 0.266. The van der Waals surface area contributed by atoms with E-state index >= 15 is 0 Å². The molecule has 1 aliphatic heterocycles. The molecule has 8 nitrogen and oxygen atoms in total. The molecule has 0 unspecified atom stereocenters. The molecule has 0 saturated heterocycles. The molecular weight excluding hydrogens is 314 g/mol. The van der Waals surface area contributed by atoms with Crippen molar-refractivity contribution in [2.24, 2.45) is 5.73 Å². The van der Waals surface area contributed by atoms with Crippen LogP contribution in [-0.4, -0.2) is 31.0 Å². The van der Waals surface area contributed by atoms with E-state index in [4.69, 9.17) is 5.73 Å². The van der Waals surface area contributed by atoms with Gasteiger partial charge in [-0.15, -0.1) is 12.6 Å². The number of hydrogen-bond donors (Lipinski definition) is 7. The topological polar surface area (TPSA) is 153 Å². The van der Waals surface area contributed by atoms with E-state index in [2.05, 4.69) is 17.9 Å². The molecule has 0 saturated carbocycles. The Morgan fingerprint density at radius 2 is 1.79 bits per heavy atom. The third-order valence-electron chi connectivity index (χ3n) is 2.93. The summed E-state index contributed by atoms with van der Waals surface area (Å²) in [5.74, 6) is 0. The summed E-state index contributed by atoms with van der Waals surface area (Å²) >= 11 is 3.92. The van der Waals surface area contributed by atoms with Gasteiger partial charge in [-0.05, 0) is 17.7 Å². The maximum Gasteiger partial charge on any atom is 0.352 e. The molecule has 0 spiro atoms. The Morgan fingerprint density at radius 1 is 1.26 bits per heavy atom. The molecule has 2 aliphatic rings. The van der Waals surface area contributed by atoms with Crippen molar-refractivity contribution in [3.8, 4) is 0 Å². The normalized spacial score (nSPS) is 22.6. The Kier molecular flexibility index (Phi) is 3.31. The lowest BCUT2D eigenvalue weighted by Gasteiger charge is -2.30. The van der Waals surface area contributed by atoms with Gasteiger partial charge in [0, 0.05) is 10.6 Å². The highest BCUT2D eigenvalue weighted by molar-refractivity contribution is 7.87. The molecule has 0 fully saturated rings. The minimum atomic E-state index is -5.20. The van der Waals surface area contributed by atoms with Gasteiger partial charge in [0.15, 0.2) is 0 Å². The second-order valence-corrected chi connectivity index (χ2v) is 8.60. The molecule has 19 heavy (non-hydrogen) atoms. The molecule has 106 valence electrons. The standard InChI is InChI=1S/C8H12N2O6P2S/c9-5-1-4-2-8(17(11,12)13,18(14,15)16)7(19)6(4)10-3-5/h1-2,10,19H,3,9H2,(H2,11,12,13)(H2,14,15,16). The highest BCUT2D eigenvalue weighted by Crippen LogP contribution is 2.75. The van der Waals surface area contributed by atoms with Crippen molar-refractivity contribution in [3.05, 3.63) is 34.0 Å². The van der Waals surface area contributed by atoms with Crippen LogP contribution in [0.2, 0.25) is 0 Å². The highest BCUT2D eigenvalue weighted by Gasteiger charge is 2.64. The van der Waals surface area contributed by atoms with Crippen LogP contribution in [0.4, 0.5) is 0 Å². The van der Waals surface area contributed by atoms with Crippen LogP contribution < -0.4 is 11.1 Å². The van der Waals surface area contributed by atoms with Crippen molar-refractivity contribution in [1.29, 1.82) is 0 Å². The third kappa shape index (κ3) is 2.02.